The third-order valence-corrected chi connectivity index (χ3v) is 2.93. The summed E-state index contributed by atoms with van der Waals surface area (Å²) in [5.74, 6) is -0.362. The van der Waals surface area contributed by atoms with Crippen LogP contribution in [0.25, 0.3) is 0 Å². The smallest absolute Gasteiger partial charge is 0.339 e. The summed E-state index contributed by atoms with van der Waals surface area (Å²) >= 11 is 0. The zero-order chi connectivity index (χ0) is 14.9. The van der Waals surface area contributed by atoms with Crippen LogP contribution in [0.2, 0.25) is 0 Å². The number of aromatic nitrogens is 1. The van der Waals surface area contributed by atoms with E-state index in [1.807, 2.05) is 37.3 Å². The van der Waals surface area contributed by atoms with E-state index in [0.29, 0.717) is 13.2 Å². The Hall–Kier alpha value is -2.20. The quantitative estimate of drug-likeness (QED) is 0.732. The number of hydrogen-bond donors (Lipinski definition) is 0. The van der Waals surface area contributed by atoms with Crippen molar-refractivity contribution in [1.29, 1.82) is 0 Å². The van der Waals surface area contributed by atoms with Crippen LogP contribution in [0.3, 0.4) is 0 Å². The summed E-state index contributed by atoms with van der Waals surface area (Å²) in [7, 11) is 0. The molecule has 1 aromatic carbocycles. The third-order valence-electron chi connectivity index (χ3n) is 2.93. The van der Waals surface area contributed by atoms with E-state index >= 15 is 0 Å². The number of rotatable bonds is 7. The number of pyridine rings is 1. The molecule has 0 aliphatic carbocycles. The van der Waals surface area contributed by atoms with Crippen molar-refractivity contribution in [2.45, 2.75) is 26.1 Å². The van der Waals surface area contributed by atoms with E-state index in [0.717, 1.165) is 17.5 Å². The van der Waals surface area contributed by atoms with Crippen molar-refractivity contribution in [2.24, 2.45) is 0 Å². The van der Waals surface area contributed by atoms with Gasteiger partial charge in [0.1, 0.15) is 0 Å². The number of hydrogen-bond acceptors (Lipinski definition) is 4. The van der Waals surface area contributed by atoms with Gasteiger partial charge in [-0.05, 0) is 29.7 Å². The highest BCUT2D eigenvalue weighted by molar-refractivity contribution is 5.76. The number of ether oxygens (including phenoxy) is 2. The Kier molecular flexibility index (Phi) is 5.91. The van der Waals surface area contributed by atoms with E-state index < -0.39 is 6.10 Å². The summed E-state index contributed by atoms with van der Waals surface area (Å²) in [5, 5.41) is 0. The molecule has 0 saturated carbocycles. The molecule has 2 rings (SSSR count). The summed E-state index contributed by atoms with van der Waals surface area (Å²) < 4.78 is 11.0. The molecule has 1 heterocycles. The molecule has 1 aromatic heterocycles. The summed E-state index contributed by atoms with van der Waals surface area (Å²) in [5.41, 5.74) is 1.77. The van der Waals surface area contributed by atoms with Gasteiger partial charge in [-0.15, -0.1) is 0 Å². The topological polar surface area (TPSA) is 48.4 Å². The molecule has 4 nitrogen and oxygen atoms in total. The van der Waals surface area contributed by atoms with Crippen molar-refractivity contribution in [3.8, 4) is 0 Å². The van der Waals surface area contributed by atoms with Crippen molar-refractivity contribution >= 4 is 5.97 Å². The lowest BCUT2D eigenvalue weighted by atomic mass is 10.1. The lowest BCUT2D eigenvalue weighted by molar-refractivity contribution is -0.158. The minimum absolute atomic E-state index is 0.356. The average Bonchev–Trinajstić information content (AvgIpc) is 2.55. The summed E-state index contributed by atoms with van der Waals surface area (Å²) in [4.78, 5) is 16.1. The van der Waals surface area contributed by atoms with Crippen LogP contribution < -0.4 is 0 Å². The highest BCUT2D eigenvalue weighted by Crippen LogP contribution is 2.20. The Labute approximate surface area is 124 Å². The molecular formula is C17H19NO3. The van der Waals surface area contributed by atoms with Crippen molar-refractivity contribution in [2.75, 3.05) is 6.61 Å². The van der Waals surface area contributed by atoms with Gasteiger partial charge in [-0.25, -0.2) is 4.79 Å². The maximum Gasteiger partial charge on any atom is 0.339 e. The van der Waals surface area contributed by atoms with Crippen LogP contribution in [-0.4, -0.2) is 17.6 Å². The summed E-state index contributed by atoms with van der Waals surface area (Å²) in [6.45, 7) is 2.71. The first kappa shape index (κ1) is 15.2. The van der Waals surface area contributed by atoms with E-state index in [2.05, 4.69) is 4.98 Å². The van der Waals surface area contributed by atoms with Gasteiger partial charge in [0.25, 0.3) is 0 Å². The highest BCUT2D eigenvalue weighted by Gasteiger charge is 2.22. The van der Waals surface area contributed by atoms with Crippen molar-refractivity contribution < 1.29 is 14.3 Å². The molecule has 4 heteroatoms. The van der Waals surface area contributed by atoms with Crippen molar-refractivity contribution in [3.05, 3.63) is 66.0 Å². The van der Waals surface area contributed by atoms with Crippen molar-refractivity contribution in [1.82, 2.24) is 4.98 Å². The second-order valence-corrected chi connectivity index (χ2v) is 4.62. The normalized spacial score (nSPS) is 11.9. The zero-order valence-electron chi connectivity index (χ0n) is 12.1. The number of carbonyl (C=O) groups excluding carboxylic acids is 1. The molecule has 21 heavy (non-hydrogen) atoms. The molecular weight excluding hydrogens is 266 g/mol. The Bertz CT molecular complexity index is 542. The van der Waals surface area contributed by atoms with Crippen LogP contribution in [0.15, 0.2) is 54.9 Å². The van der Waals surface area contributed by atoms with Crippen LogP contribution in [0.1, 0.15) is 30.6 Å². The molecule has 0 saturated heterocycles. The fraction of sp³-hybridized carbons (Fsp3) is 0.294. The van der Waals surface area contributed by atoms with E-state index in [-0.39, 0.29) is 5.97 Å². The fourth-order valence-electron chi connectivity index (χ4n) is 1.87. The number of nitrogens with zero attached hydrogens (tertiary/aromatic N) is 1. The standard InChI is InChI=1S/C17H19NO3/c1-2-12-20-17(19)16(15-8-10-18-11-9-15)21-13-14-6-4-3-5-7-14/h3-11,16H,2,12-13H2,1H3. The predicted molar refractivity (Wildman–Crippen MR) is 79.5 cm³/mol. The predicted octanol–water partition coefficient (Wildman–Crippen LogP) is 3.29. The molecule has 0 bridgehead atoms. The van der Waals surface area contributed by atoms with Crippen LogP contribution in [0.4, 0.5) is 0 Å². The van der Waals surface area contributed by atoms with Gasteiger partial charge in [0, 0.05) is 12.4 Å². The Morgan fingerprint density at radius 1 is 1.14 bits per heavy atom. The van der Waals surface area contributed by atoms with Gasteiger partial charge in [-0.1, -0.05) is 37.3 Å². The molecule has 0 aliphatic heterocycles. The summed E-state index contributed by atoms with van der Waals surface area (Å²) in [6.07, 6.45) is 3.34. The van der Waals surface area contributed by atoms with Gasteiger partial charge in [0.2, 0.25) is 0 Å². The first-order valence-corrected chi connectivity index (χ1v) is 7.03. The number of benzene rings is 1. The molecule has 0 fully saturated rings. The Balaban J connectivity index is 2.07. The maximum atomic E-state index is 12.2. The number of esters is 1. The van der Waals surface area contributed by atoms with Crippen LogP contribution in [0.5, 0.6) is 0 Å². The fourth-order valence-corrected chi connectivity index (χ4v) is 1.87. The minimum atomic E-state index is -0.722. The second kappa shape index (κ2) is 8.17. The first-order chi connectivity index (χ1) is 10.3. The van der Waals surface area contributed by atoms with E-state index in [1.54, 1.807) is 24.5 Å². The Morgan fingerprint density at radius 3 is 2.52 bits per heavy atom. The molecule has 0 spiro atoms. The van der Waals surface area contributed by atoms with E-state index in [1.165, 1.54) is 0 Å². The molecule has 0 radical (unpaired) electrons. The third kappa shape index (κ3) is 4.68. The summed E-state index contributed by atoms with van der Waals surface area (Å²) in [6, 6.07) is 13.3. The SMILES string of the molecule is CCCOC(=O)C(OCc1ccccc1)c1ccncc1. The van der Waals surface area contributed by atoms with Crippen molar-refractivity contribution in [3.63, 3.8) is 0 Å². The van der Waals surface area contributed by atoms with Crippen LogP contribution >= 0.6 is 0 Å². The lowest BCUT2D eigenvalue weighted by Gasteiger charge is -2.17. The molecule has 0 amide bonds. The molecule has 110 valence electrons. The Morgan fingerprint density at radius 2 is 1.86 bits per heavy atom. The van der Waals surface area contributed by atoms with Gasteiger partial charge in [-0.2, -0.15) is 0 Å². The molecule has 1 unspecified atom stereocenters. The van der Waals surface area contributed by atoms with Gasteiger partial charge in [0.05, 0.1) is 13.2 Å². The van der Waals surface area contributed by atoms with Gasteiger partial charge < -0.3 is 9.47 Å². The largest absolute Gasteiger partial charge is 0.464 e. The highest BCUT2D eigenvalue weighted by atomic mass is 16.6. The monoisotopic (exact) mass is 285 g/mol. The van der Waals surface area contributed by atoms with Gasteiger partial charge in [0.15, 0.2) is 6.10 Å². The zero-order valence-corrected chi connectivity index (χ0v) is 12.1. The lowest BCUT2D eigenvalue weighted by Crippen LogP contribution is -2.19. The van der Waals surface area contributed by atoms with E-state index in [9.17, 15) is 4.79 Å². The maximum absolute atomic E-state index is 12.2. The second-order valence-electron chi connectivity index (χ2n) is 4.62. The molecule has 0 N–H and O–H groups in total. The molecule has 0 aliphatic rings. The van der Waals surface area contributed by atoms with Crippen LogP contribution in [-0.2, 0) is 20.9 Å². The van der Waals surface area contributed by atoms with Gasteiger partial charge >= 0.3 is 5.97 Å². The average molecular weight is 285 g/mol. The minimum Gasteiger partial charge on any atom is -0.464 e. The van der Waals surface area contributed by atoms with Gasteiger partial charge in [-0.3, -0.25) is 4.98 Å². The van der Waals surface area contributed by atoms with Crippen LogP contribution in [0, 0.1) is 0 Å². The number of carbonyl (C=O) groups is 1. The van der Waals surface area contributed by atoms with E-state index in [4.69, 9.17) is 9.47 Å². The molecule has 1 atom stereocenters. The first-order valence-electron chi connectivity index (χ1n) is 7.03. The molecule has 2 aromatic rings.